The van der Waals surface area contributed by atoms with Crippen molar-refractivity contribution in [3.63, 3.8) is 0 Å². The Morgan fingerprint density at radius 3 is 3.00 bits per heavy atom. The number of hydrogen-bond acceptors (Lipinski definition) is 4. The highest BCUT2D eigenvalue weighted by Gasteiger charge is 2.07. The van der Waals surface area contributed by atoms with Crippen LogP contribution in [0.4, 0.5) is 0 Å². The summed E-state index contributed by atoms with van der Waals surface area (Å²) in [5.41, 5.74) is 2.34. The summed E-state index contributed by atoms with van der Waals surface area (Å²) in [4.78, 5) is 10.5. The monoisotopic (exact) mass is 260 g/mol. The molecule has 0 atom stereocenters. The van der Waals surface area contributed by atoms with Gasteiger partial charge in [0.1, 0.15) is 0 Å². The maximum Gasteiger partial charge on any atom is 0.303 e. The Bertz CT molecular complexity index is 565. The number of nitrogens with zero attached hydrogens (tertiary/aromatic N) is 4. The normalized spacial score (nSPS) is 10.6. The van der Waals surface area contributed by atoms with Gasteiger partial charge in [0.05, 0.1) is 0 Å². The summed E-state index contributed by atoms with van der Waals surface area (Å²) < 4.78 is 1.67. The fourth-order valence-electron chi connectivity index (χ4n) is 1.91. The van der Waals surface area contributed by atoms with Crippen LogP contribution in [0.5, 0.6) is 0 Å². The van der Waals surface area contributed by atoms with Gasteiger partial charge in [-0.2, -0.15) is 0 Å². The fourth-order valence-corrected chi connectivity index (χ4v) is 1.91. The fraction of sp³-hybridized carbons (Fsp3) is 0.385. The molecule has 19 heavy (non-hydrogen) atoms. The molecule has 0 saturated carbocycles. The average molecular weight is 260 g/mol. The molecular weight excluding hydrogens is 244 g/mol. The Morgan fingerprint density at radius 2 is 2.26 bits per heavy atom. The zero-order valence-corrected chi connectivity index (χ0v) is 10.8. The van der Waals surface area contributed by atoms with Crippen molar-refractivity contribution in [2.75, 3.05) is 0 Å². The van der Waals surface area contributed by atoms with Crippen LogP contribution < -0.4 is 0 Å². The van der Waals surface area contributed by atoms with Gasteiger partial charge in [-0.1, -0.05) is 29.8 Å². The molecule has 0 radical (unpaired) electrons. The Labute approximate surface area is 111 Å². The molecule has 2 aromatic rings. The lowest BCUT2D eigenvalue weighted by atomic mass is 10.1. The van der Waals surface area contributed by atoms with Gasteiger partial charge in [0.2, 0.25) is 0 Å². The van der Waals surface area contributed by atoms with Gasteiger partial charge in [-0.25, -0.2) is 4.68 Å². The molecule has 6 heteroatoms. The molecule has 0 unspecified atom stereocenters. The van der Waals surface area contributed by atoms with Gasteiger partial charge in [0.15, 0.2) is 5.82 Å². The molecule has 0 aliphatic heterocycles. The molecule has 0 aliphatic rings. The highest BCUT2D eigenvalue weighted by Crippen LogP contribution is 2.09. The molecule has 1 aromatic carbocycles. The summed E-state index contributed by atoms with van der Waals surface area (Å²) in [5.74, 6) is -0.0377. The number of benzene rings is 1. The quantitative estimate of drug-likeness (QED) is 0.849. The van der Waals surface area contributed by atoms with Crippen molar-refractivity contribution in [3.05, 3.63) is 41.2 Å². The summed E-state index contributed by atoms with van der Waals surface area (Å²) in [7, 11) is 0. The molecule has 0 bridgehead atoms. The largest absolute Gasteiger partial charge is 0.481 e. The molecule has 1 aromatic heterocycles. The van der Waals surface area contributed by atoms with E-state index in [1.54, 1.807) is 4.68 Å². The van der Waals surface area contributed by atoms with Crippen molar-refractivity contribution in [1.29, 1.82) is 0 Å². The third-order valence-corrected chi connectivity index (χ3v) is 2.81. The van der Waals surface area contributed by atoms with Crippen molar-refractivity contribution in [3.8, 4) is 0 Å². The number of aryl methyl sites for hydroxylation is 2. The maximum absolute atomic E-state index is 10.5. The van der Waals surface area contributed by atoms with Crippen molar-refractivity contribution in [1.82, 2.24) is 20.2 Å². The van der Waals surface area contributed by atoms with Crippen LogP contribution in [-0.4, -0.2) is 31.3 Å². The number of carbonyl (C=O) groups is 1. The number of aliphatic carboxylic acids is 1. The number of aromatic nitrogens is 4. The lowest BCUT2D eigenvalue weighted by Gasteiger charge is -2.04. The first-order chi connectivity index (χ1) is 9.15. The minimum atomic E-state index is -0.798. The second kappa shape index (κ2) is 6.08. The van der Waals surface area contributed by atoms with Crippen molar-refractivity contribution >= 4 is 5.97 Å². The Kier molecular flexibility index (Phi) is 4.22. The van der Waals surface area contributed by atoms with Crippen LogP contribution in [0.2, 0.25) is 0 Å². The van der Waals surface area contributed by atoms with Crippen LogP contribution >= 0.6 is 0 Å². The van der Waals surface area contributed by atoms with Gasteiger partial charge < -0.3 is 5.11 Å². The van der Waals surface area contributed by atoms with Gasteiger partial charge >= 0.3 is 5.97 Å². The van der Waals surface area contributed by atoms with Crippen LogP contribution in [0.25, 0.3) is 0 Å². The van der Waals surface area contributed by atoms with E-state index in [0.717, 1.165) is 11.4 Å². The molecule has 1 heterocycles. The highest BCUT2D eigenvalue weighted by atomic mass is 16.4. The third kappa shape index (κ3) is 3.87. The van der Waals surface area contributed by atoms with Crippen LogP contribution in [-0.2, 0) is 17.8 Å². The van der Waals surface area contributed by atoms with Gasteiger partial charge in [0.25, 0.3) is 0 Å². The summed E-state index contributed by atoms with van der Waals surface area (Å²) in [6.07, 6.45) is 1.31. The maximum atomic E-state index is 10.5. The minimum Gasteiger partial charge on any atom is -0.481 e. The first-order valence-corrected chi connectivity index (χ1v) is 6.17. The first-order valence-electron chi connectivity index (χ1n) is 6.17. The van der Waals surface area contributed by atoms with Crippen molar-refractivity contribution < 1.29 is 9.90 Å². The molecule has 1 N–H and O–H groups in total. The molecule has 0 fully saturated rings. The molecule has 0 spiro atoms. The summed E-state index contributed by atoms with van der Waals surface area (Å²) in [6.45, 7) is 2.57. The number of tetrazole rings is 1. The SMILES string of the molecule is Cc1cccc(Cc2nnnn2CCCC(=O)O)c1. The Morgan fingerprint density at radius 1 is 1.42 bits per heavy atom. The first kappa shape index (κ1) is 13.2. The molecule has 0 amide bonds. The Hall–Kier alpha value is -2.24. The van der Waals surface area contributed by atoms with E-state index in [4.69, 9.17) is 5.11 Å². The van der Waals surface area contributed by atoms with E-state index < -0.39 is 5.97 Å². The minimum absolute atomic E-state index is 0.129. The van der Waals surface area contributed by atoms with Gasteiger partial charge in [-0.05, 0) is 29.3 Å². The van der Waals surface area contributed by atoms with Crippen molar-refractivity contribution in [2.24, 2.45) is 0 Å². The smallest absolute Gasteiger partial charge is 0.303 e. The van der Waals surface area contributed by atoms with Crippen LogP contribution in [0, 0.1) is 6.92 Å². The zero-order valence-electron chi connectivity index (χ0n) is 10.8. The molecule has 0 saturated heterocycles. The third-order valence-electron chi connectivity index (χ3n) is 2.81. The molecule has 6 nitrogen and oxygen atoms in total. The van der Waals surface area contributed by atoms with Gasteiger partial charge in [0, 0.05) is 19.4 Å². The predicted molar refractivity (Wildman–Crippen MR) is 68.7 cm³/mol. The van der Waals surface area contributed by atoms with E-state index in [-0.39, 0.29) is 6.42 Å². The number of carboxylic acids is 1. The molecule has 2 rings (SSSR count). The van der Waals surface area contributed by atoms with E-state index >= 15 is 0 Å². The summed E-state index contributed by atoms with van der Waals surface area (Å²) >= 11 is 0. The molecule has 0 aliphatic carbocycles. The van der Waals surface area contributed by atoms with Gasteiger partial charge in [-0.15, -0.1) is 5.10 Å². The van der Waals surface area contributed by atoms with E-state index in [0.29, 0.717) is 19.4 Å². The lowest BCUT2D eigenvalue weighted by molar-refractivity contribution is -0.137. The van der Waals surface area contributed by atoms with Gasteiger partial charge in [-0.3, -0.25) is 4.79 Å². The molecule has 100 valence electrons. The average Bonchev–Trinajstić information content (AvgIpc) is 2.76. The number of carboxylic acid groups (broad SMARTS) is 1. The lowest BCUT2D eigenvalue weighted by Crippen LogP contribution is -2.08. The van der Waals surface area contributed by atoms with Crippen LogP contribution in [0.1, 0.15) is 29.8 Å². The van der Waals surface area contributed by atoms with E-state index in [2.05, 4.69) is 21.6 Å². The number of rotatable bonds is 6. The van der Waals surface area contributed by atoms with Crippen LogP contribution in [0.15, 0.2) is 24.3 Å². The second-order valence-electron chi connectivity index (χ2n) is 4.48. The van der Waals surface area contributed by atoms with E-state index in [9.17, 15) is 4.79 Å². The predicted octanol–water partition coefficient (Wildman–Crippen LogP) is 1.44. The summed E-state index contributed by atoms with van der Waals surface area (Å²) in [6, 6.07) is 8.17. The zero-order chi connectivity index (χ0) is 13.7. The highest BCUT2D eigenvalue weighted by molar-refractivity contribution is 5.66. The summed E-state index contributed by atoms with van der Waals surface area (Å²) in [5, 5.41) is 20.2. The van der Waals surface area contributed by atoms with Crippen LogP contribution in [0.3, 0.4) is 0 Å². The van der Waals surface area contributed by atoms with E-state index in [1.165, 1.54) is 5.56 Å². The van der Waals surface area contributed by atoms with E-state index in [1.807, 2.05) is 25.1 Å². The van der Waals surface area contributed by atoms with Crippen molar-refractivity contribution in [2.45, 2.75) is 32.7 Å². The number of hydrogen-bond donors (Lipinski definition) is 1. The standard InChI is InChI=1S/C13H16N4O2/c1-10-4-2-5-11(8-10)9-12-14-15-16-17(12)7-3-6-13(18)19/h2,4-5,8H,3,6-7,9H2,1H3,(H,18,19). The topological polar surface area (TPSA) is 80.9 Å². The molecular formula is C13H16N4O2. The Balaban J connectivity index is 2.01. The second-order valence-corrected chi connectivity index (χ2v) is 4.48.